The van der Waals surface area contributed by atoms with Gasteiger partial charge in [0.25, 0.3) is 0 Å². The molecule has 2 aromatic carbocycles. The predicted molar refractivity (Wildman–Crippen MR) is 78.6 cm³/mol. The number of rotatable bonds is 2. The van der Waals surface area contributed by atoms with Crippen molar-refractivity contribution >= 4 is 16.9 Å². The Morgan fingerprint density at radius 1 is 1.14 bits per heavy atom. The fraction of sp³-hybridized carbons (Fsp3) is 0.118. The quantitative estimate of drug-likeness (QED) is 0.731. The number of esters is 1. The molecule has 4 rings (SSSR count). The smallest absolute Gasteiger partial charge is 0.339 e. The van der Waals surface area contributed by atoms with Gasteiger partial charge in [0.15, 0.2) is 6.10 Å². The van der Waals surface area contributed by atoms with Gasteiger partial charge in [0.1, 0.15) is 5.75 Å². The molecule has 0 bridgehead atoms. The first kappa shape index (κ1) is 12.0. The van der Waals surface area contributed by atoms with Gasteiger partial charge in [-0.05, 0) is 24.3 Å². The minimum Gasteiger partial charge on any atom is -0.497 e. The van der Waals surface area contributed by atoms with Crippen LogP contribution in [0.3, 0.4) is 0 Å². The summed E-state index contributed by atoms with van der Waals surface area (Å²) in [6.45, 7) is 0. The van der Waals surface area contributed by atoms with E-state index < -0.39 is 0 Å². The summed E-state index contributed by atoms with van der Waals surface area (Å²) in [5.41, 5.74) is 3.49. The van der Waals surface area contributed by atoms with E-state index in [4.69, 9.17) is 9.47 Å². The number of benzene rings is 2. The molecule has 0 radical (unpaired) electrons. The number of aromatic nitrogens is 1. The number of fused-ring (bicyclic) bond motifs is 2. The second-order valence-electron chi connectivity index (χ2n) is 5.03. The summed E-state index contributed by atoms with van der Waals surface area (Å²) in [4.78, 5) is 15.2. The highest BCUT2D eigenvalue weighted by Gasteiger charge is 2.33. The van der Waals surface area contributed by atoms with Gasteiger partial charge in [0, 0.05) is 28.2 Å². The highest BCUT2D eigenvalue weighted by atomic mass is 16.5. The average molecular weight is 279 g/mol. The Morgan fingerprint density at radius 2 is 2.00 bits per heavy atom. The number of aromatic amines is 1. The molecule has 1 N–H and O–H groups in total. The highest BCUT2D eigenvalue weighted by Crippen LogP contribution is 2.39. The molecular weight excluding hydrogens is 266 g/mol. The number of carbonyl (C=O) groups is 1. The number of H-pyrrole nitrogens is 1. The molecule has 3 aromatic rings. The van der Waals surface area contributed by atoms with Crippen molar-refractivity contribution < 1.29 is 14.3 Å². The monoisotopic (exact) mass is 279 g/mol. The van der Waals surface area contributed by atoms with Crippen LogP contribution in [0.2, 0.25) is 0 Å². The van der Waals surface area contributed by atoms with Gasteiger partial charge in [-0.25, -0.2) is 4.79 Å². The molecule has 1 aromatic heterocycles. The Hall–Kier alpha value is -2.75. The maximum absolute atomic E-state index is 12.0. The van der Waals surface area contributed by atoms with Crippen LogP contribution in [0.5, 0.6) is 5.75 Å². The zero-order chi connectivity index (χ0) is 14.4. The summed E-state index contributed by atoms with van der Waals surface area (Å²) in [5, 5.41) is 1.00. The standard InChI is InChI=1S/C17H13NO3/c1-20-10-6-7-15-13(8-10)14(9-18-15)16-11-4-2-3-5-12(11)17(19)21-16/h2-9,16,18H,1H3. The molecule has 4 heteroatoms. The van der Waals surface area contributed by atoms with Crippen molar-refractivity contribution in [3.63, 3.8) is 0 Å². The lowest BCUT2D eigenvalue weighted by atomic mass is 9.99. The Morgan fingerprint density at radius 3 is 2.86 bits per heavy atom. The summed E-state index contributed by atoms with van der Waals surface area (Å²) in [5.74, 6) is 0.508. The number of carbonyl (C=O) groups excluding carboxylic acids is 1. The molecule has 0 fully saturated rings. The van der Waals surface area contributed by atoms with Gasteiger partial charge >= 0.3 is 5.97 Å². The third kappa shape index (κ3) is 1.72. The largest absolute Gasteiger partial charge is 0.497 e. The van der Waals surface area contributed by atoms with Crippen LogP contribution in [0.25, 0.3) is 10.9 Å². The minimum atomic E-state index is -0.366. The molecular formula is C17H13NO3. The van der Waals surface area contributed by atoms with Crippen molar-refractivity contribution in [1.29, 1.82) is 0 Å². The minimum absolute atomic E-state index is 0.271. The van der Waals surface area contributed by atoms with Gasteiger partial charge in [0.2, 0.25) is 0 Å². The number of hydrogen-bond donors (Lipinski definition) is 1. The van der Waals surface area contributed by atoms with Crippen LogP contribution < -0.4 is 4.74 Å². The van der Waals surface area contributed by atoms with E-state index >= 15 is 0 Å². The molecule has 1 unspecified atom stereocenters. The van der Waals surface area contributed by atoms with E-state index in [-0.39, 0.29) is 12.1 Å². The van der Waals surface area contributed by atoms with Gasteiger partial charge in [-0.3, -0.25) is 0 Å². The number of cyclic esters (lactones) is 1. The topological polar surface area (TPSA) is 51.3 Å². The fourth-order valence-corrected chi connectivity index (χ4v) is 2.84. The van der Waals surface area contributed by atoms with Crippen LogP contribution >= 0.6 is 0 Å². The molecule has 21 heavy (non-hydrogen) atoms. The van der Waals surface area contributed by atoms with Gasteiger partial charge in [-0.15, -0.1) is 0 Å². The maximum Gasteiger partial charge on any atom is 0.339 e. The molecule has 0 spiro atoms. The Balaban J connectivity index is 1.90. The lowest BCUT2D eigenvalue weighted by Crippen LogP contribution is -1.99. The number of methoxy groups -OCH3 is 1. The second-order valence-corrected chi connectivity index (χ2v) is 5.03. The Labute approximate surface area is 121 Å². The van der Waals surface area contributed by atoms with Gasteiger partial charge < -0.3 is 14.5 Å². The molecule has 0 saturated heterocycles. The summed E-state index contributed by atoms with van der Waals surface area (Å²) in [6.07, 6.45) is 1.53. The summed E-state index contributed by atoms with van der Waals surface area (Å²) < 4.78 is 10.8. The molecule has 0 amide bonds. The van der Waals surface area contributed by atoms with E-state index in [9.17, 15) is 4.79 Å². The third-order valence-corrected chi connectivity index (χ3v) is 3.89. The molecule has 0 aliphatic carbocycles. The first-order chi connectivity index (χ1) is 10.3. The van der Waals surface area contributed by atoms with Crippen molar-refractivity contribution in [3.8, 4) is 5.75 Å². The Bertz CT molecular complexity index is 850. The first-order valence-corrected chi connectivity index (χ1v) is 6.73. The van der Waals surface area contributed by atoms with Crippen molar-refractivity contribution in [2.24, 2.45) is 0 Å². The Kier molecular flexibility index (Phi) is 2.51. The van der Waals surface area contributed by atoms with Crippen molar-refractivity contribution in [1.82, 2.24) is 4.98 Å². The van der Waals surface area contributed by atoms with E-state index in [1.165, 1.54) is 0 Å². The zero-order valence-corrected chi connectivity index (χ0v) is 11.4. The van der Waals surface area contributed by atoms with Crippen molar-refractivity contribution in [2.45, 2.75) is 6.10 Å². The second kappa shape index (κ2) is 4.38. The van der Waals surface area contributed by atoms with Crippen LogP contribution in [0.4, 0.5) is 0 Å². The van der Waals surface area contributed by atoms with Gasteiger partial charge in [-0.2, -0.15) is 0 Å². The number of hydrogen-bond acceptors (Lipinski definition) is 3. The van der Waals surface area contributed by atoms with E-state index in [1.54, 1.807) is 13.2 Å². The molecule has 1 aliphatic rings. The van der Waals surface area contributed by atoms with E-state index in [1.807, 2.05) is 42.6 Å². The van der Waals surface area contributed by atoms with E-state index in [0.717, 1.165) is 27.8 Å². The number of nitrogens with one attached hydrogen (secondary N) is 1. The lowest BCUT2D eigenvalue weighted by Gasteiger charge is -2.10. The lowest BCUT2D eigenvalue weighted by molar-refractivity contribution is 0.0458. The summed E-state index contributed by atoms with van der Waals surface area (Å²) in [7, 11) is 1.64. The first-order valence-electron chi connectivity index (χ1n) is 6.73. The predicted octanol–water partition coefficient (Wildman–Crippen LogP) is 3.44. The van der Waals surface area contributed by atoms with Gasteiger partial charge in [0.05, 0.1) is 12.7 Å². The molecule has 2 heterocycles. The van der Waals surface area contributed by atoms with E-state index in [0.29, 0.717) is 5.56 Å². The van der Waals surface area contributed by atoms with Crippen molar-refractivity contribution in [2.75, 3.05) is 7.11 Å². The summed E-state index contributed by atoms with van der Waals surface area (Å²) >= 11 is 0. The normalized spacial score (nSPS) is 16.8. The van der Waals surface area contributed by atoms with Crippen LogP contribution in [0.1, 0.15) is 27.6 Å². The van der Waals surface area contributed by atoms with Crippen LogP contribution in [-0.2, 0) is 4.74 Å². The molecule has 1 atom stereocenters. The van der Waals surface area contributed by atoms with Crippen LogP contribution in [0, 0.1) is 0 Å². The maximum atomic E-state index is 12.0. The molecule has 4 nitrogen and oxygen atoms in total. The highest BCUT2D eigenvalue weighted by molar-refractivity contribution is 5.96. The molecule has 104 valence electrons. The SMILES string of the molecule is COc1ccc2[nH]cc(C3OC(=O)c4ccccc43)c2c1. The number of ether oxygens (including phenoxy) is 2. The third-order valence-electron chi connectivity index (χ3n) is 3.89. The van der Waals surface area contributed by atoms with Crippen LogP contribution in [-0.4, -0.2) is 18.1 Å². The van der Waals surface area contributed by atoms with Gasteiger partial charge in [-0.1, -0.05) is 18.2 Å². The molecule has 0 saturated carbocycles. The summed E-state index contributed by atoms with van der Waals surface area (Å²) in [6, 6.07) is 13.3. The van der Waals surface area contributed by atoms with E-state index in [2.05, 4.69) is 4.98 Å². The zero-order valence-electron chi connectivity index (χ0n) is 11.4. The average Bonchev–Trinajstić information content (AvgIpc) is 3.08. The fourth-order valence-electron chi connectivity index (χ4n) is 2.84. The molecule has 1 aliphatic heterocycles. The van der Waals surface area contributed by atoms with Crippen LogP contribution in [0.15, 0.2) is 48.7 Å². The van der Waals surface area contributed by atoms with Crippen molar-refractivity contribution in [3.05, 3.63) is 65.4 Å².